The van der Waals surface area contributed by atoms with Gasteiger partial charge in [0.15, 0.2) is 5.79 Å². The number of hydrogen-bond donors (Lipinski definition) is 1. The largest absolute Gasteiger partial charge is 0.444 e. The first kappa shape index (κ1) is 17.0. The molecule has 0 aromatic carbocycles. The number of nitro groups is 1. The van der Waals surface area contributed by atoms with Crippen LogP contribution in [-0.4, -0.2) is 47.2 Å². The summed E-state index contributed by atoms with van der Waals surface area (Å²) in [6.07, 6.45) is -0.898. The highest BCUT2D eigenvalue weighted by atomic mass is 16.8. The van der Waals surface area contributed by atoms with Gasteiger partial charge in [0, 0.05) is 4.92 Å². The first-order valence-corrected chi connectivity index (χ1v) is 7.44. The summed E-state index contributed by atoms with van der Waals surface area (Å²) in [5, 5.41) is 13.6. The van der Waals surface area contributed by atoms with Crippen LogP contribution in [-0.2, 0) is 14.2 Å². The number of carbonyl (C=O) groups is 1. The minimum absolute atomic E-state index is 0.201. The Kier molecular flexibility index (Phi) is 4.36. The van der Waals surface area contributed by atoms with E-state index in [4.69, 9.17) is 14.2 Å². The number of ether oxygens (including phenoxy) is 3. The predicted octanol–water partition coefficient (Wildman–Crippen LogP) is 1.70. The monoisotopic (exact) mass is 316 g/mol. The molecule has 0 spiro atoms. The molecule has 8 nitrogen and oxygen atoms in total. The van der Waals surface area contributed by atoms with Crippen LogP contribution < -0.4 is 5.32 Å². The highest BCUT2D eigenvalue weighted by Gasteiger charge is 2.55. The third-order valence-corrected chi connectivity index (χ3v) is 3.67. The fraction of sp³-hybridized carbons (Fsp3) is 0.929. The molecule has 1 heterocycles. The Morgan fingerprint density at radius 3 is 2.50 bits per heavy atom. The topological polar surface area (TPSA) is 99.9 Å². The summed E-state index contributed by atoms with van der Waals surface area (Å²) in [5.74, 6) is -1.10. The van der Waals surface area contributed by atoms with Crippen LogP contribution in [0.1, 0.15) is 41.0 Å². The Morgan fingerprint density at radius 1 is 1.36 bits per heavy atom. The summed E-state index contributed by atoms with van der Waals surface area (Å²) >= 11 is 0. The van der Waals surface area contributed by atoms with Gasteiger partial charge in [-0.1, -0.05) is 0 Å². The molecule has 1 aliphatic heterocycles. The number of amides is 1. The number of nitrogens with one attached hydrogen (secondary N) is 1. The van der Waals surface area contributed by atoms with Crippen molar-refractivity contribution in [1.29, 1.82) is 0 Å². The van der Waals surface area contributed by atoms with Crippen LogP contribution in [0.3, 0.4) is 0 Å². The maximum Gasteiger partial charge on any atom is 0.407 e. The second-order valence-corrected chi connectivity index (χ2v) is 7.33. The second kappa shape index (κ2) is 5.66. The molecule has 2 fully saturated rings. The number of carbonyl (C=O) groups excluding carboxylic acids is 1. The zero-order valence-electron chi connectivity index (χ0n) is 13.6. The van der Waals surface area contributed by atoms with Gasteiger partial charge in [-0.3, -0.25) is 10.1 Å². The lowest BCUT2D eigenvalue weighted by Gasteiger charge is -2.25. The first-order chi connectivity index (χ1) is 9.97. The molecule has 8 heteroatoms. The van der Waals surface area contributed by atoms with Gasteiger partial charge in [0.2, 0.25) is 6.54 Å². The van der Waals surface area contributed by atoms with Crippen molar-refractivity contribution >= 4 is 6.09 Å². The van der Waals surface area contributed by atoms with Crippen LogP contribution in [0.4, 0.5) is 4.79 Å². The van der Waals surface area contributed by atoms with Crippen molar-refractivity contribution < 1.29 is 23.9 Å². The molecule has 2 rings (SSSR count). The quantitative estimate of drug-likeness (QED) is 0.628. The lowest BCUT2D eigenvalue weighted by atomic mass is 10.1. The summed E-state index contributed by atoms with van der Waals surface area (Å²) in [5.41, 5.74) is -0.603. The van der Waals surface area contributed by atoms with Crippen LogP contribution in [0.2, 0.25) is 0 Å². The van der Waals surface area contributed by atoms with Crippen molar-refractivity contribution in [2.45, 2.75) is 70.7 Å². The number of rotatable bonds is 3. The van der Waals surface area contributed by atoms with Gasteiger partial charge in [0.1, 0.15) is 11.7 Å². The summed E-state index contributed by atoms with van der Waals surface area (Å²) in [7, 11) is 0. The van der Waals surface area contributed by atoms with Gasteiger partial charge in [0.25, 0.3) is 0 Å². The summed E-state index contributed by atoms with van der Waals surface area (Å²) in [6.45, 7) is 8.65. The average Bonchev–Trinajstić information content (AvgIpc) is 2.72. The Hall–Kier alpha value is -1.41. The third-order valence-electron chi connectivity index (χ3n) is 3.67. The van der Waals surface area contributed by atoms with E-state index in [2.05, 4.69) is 5.32 Å². The molecule has 1 amide bonds. The average molecular weight is 316 g/mol. The van der Waals surface area contributed by atoms with E-state index in [1.807, 2.05) is 0 Å². The number of hydrogen-bond acceptors (Lipinski definition) is 6. The fourth-order valence-electron chi connectivity index (χ4n) is 3.06. The molecule has 1 saturated carbocycles. The van der Waals surface area contributed by atoms with Crippen LogP contribution in [0, 0.1) is 16.0 Å². The second-order valence-electron chi connectivity index (χ2n) is 7.33. The molecule has 2 aliphatic rings. The van der Waals surface area contributed by atoms with Crippen molar-refractivity contribution in [2.75, 3.05) is 6.54 Å². The molecule has 22 heavy (non-hydrogen) atoms. The predicted molar refractivity (Wildman–Crippen MR) is 77.0 cm³/mol. The van der Waals surface area contributed by atoms with E-state index < -0.39 is 23.6 Å². The molecule has 0 radical (unpaired) electrons. The summed E-state index contributed by atoms with van der Waals surface area (Å²) in [4.78, 5) is 22.4. The number of nitrogens with zero attached hydrogens (tertiary/aromatic N) is 1. The zero-order valence-corrected chi connectivity index (χ0v) is 13.6. The minimum Gasteiger partial charge on any atom is -0.444 e. The Balaban J connectivity index is 2.05. The van der Waals surface area contributed by atoms with Crippen LogP contribution >= 0.6 is 0 Å². The normalized spacial score (nSPS) is 33.3. The maximum absolute atomic E-state index is 11.9. The lowest BCUT2D eigenvalue weighted by molar-refractivity contribution is -0.490. The van der Waals surface area contributed by atoms with Crippen molar-refractivity contribution in [3.63, 3.8) is 0 Å². The van der Waals surface area contributed by atoms with Crippen LogP contribution in [0.15, 0.2) is 0 Å². The standard InChI is InChI=1S/C14H24N2O6/c1-13(2,3)22-12(17)15-9-6-8(7-16(18)19)10-11(9)21-14(4,5)20-10/h8-11H,6-7H2,1-5H3,(H,15,17)/t8-,9-,10+,11-/m1/s1. The van der Waals surface area contributed by atoms with Crippen LogP contribution in [0.5, 0.6) is 0 Å². The minimum atomic E-state index is -0.807. The molecule has 0 unspecified atom stereocenters. The summed E-state index contributed by atoms with van der Waals surface area (Å²) in [6, 6.07) is -0.355. The van der Waals surface area contributed by atoms with E-state index in [-0.39, 0.29) is 29.5 Å². The van der Waals surface area contributed by atoms with Gasteiger partial charge in [-0.05, 0) is 41.0 Å². The van der Waals surface area contributed by atoms with E-state index in [9.17, 15) is 14.9 Å². The molecular weight excluding hydrogens is 292 g/mol. The molecule has 0 bridgehead atoms. The number of alkyl carbamates (subject to hydrolysis) is 1. The molecule has 0 aromatic heterocycles. The Labute approximate surface area is 129 Å². The van der Waals surface area contributed by atoms with Crippen LogP contribution in [0.25, 0.3) is 0 Å². The smallest absolute Gasteiger partial charge is 0.407 e. The highest BCUT2D eigenvalue weighted by molar-refractivity contribution is 5.68. The van der Waals surface area contributed by atoms with E-state index in [0.717, 1.165) is 0 Å². The van der Waals surface area contributed by atoms with Gasteiger partial charge in [-0.25, -0.2) is 4.79 Å². The molecule has 1 N–H and O–H groups in total. The van der Waals surface area contributed by atoms with E-state index >= 15 is 0 Å². The zero-order chi connectivity index (χ0) is 16.7. The van der Waals surface area contributed by atoms with Gasteiger partial charge < -0.3 is 19.5 Å². The lowest BCUT2D eigenvalue weighted by Crippen LogP contribution is -2.45. The summed E-state index contributed by atoms with van der Waals surface area (Å²) < 4.78 is 16.8. The van der Waals surface area contributed by atoms with E-state index in [1.165, 1.54) is 0 Å². The van der Waals surface area contributed by atoms with Gasteiger partial charge >= 0.3 is 6.09 Å². The van der Waals surface area contributed by atoms with Crippen molar-refractivity contribution in [3.05, 3.63) is 10.1 Å². The Bertz CT molecular complexity index is 459. The first-order valence-electron chi connectivity index (χ1n) is 7.44. The van der Waals surface area contributed by atoms with Gasteiger partial charge in [-0.2, -0.15) is 0 Å². The van der Waals surface area contributed by atoms with Crippen molar-refractivity contribution in [2.24, 2.45) is 5.92 Å². The maximum atomic E-state index is 11.9. The molecular formula is C14H24N2O6. The van der Waals surface area contributed by atoms with E-state index in [1.54, 1.807) is 34.6 Å². The molecule has 4 atom stereocenters. The molecule has 1 saturated heterocycles. The molecule has 0 aromatic rings. The number of fused-ring (bicyclic) bond motifs is 1. The molecule has 1 aliphatic carbocycles. The van der Waals surface area contributed by atoms with Crippen molar-refractivity contribution in [1.82, 2.24) is 5.32 Å². The van der Waals surface area contributed by atoms with E-state index in [0.29, 0.717) is 6.42 Å². The molecule has 126 valence electrons. The fourth-order valence-corrected chi connectivity index (χ4v) is 3.06. The highest BCUT2D eigenvalue weighted by Crippen LogP contribution is 2.41. The SMILES string of the molecule is CC(C)(C)OC(=O)N[C@@H]1C[C@H](C[N+](=O)[O-])[C@@H]2OC(C)(C)O[C@@H]21. The van der Waals surface area contributed by atoms with Crippen molar-refractivity contribution in [3.8, 4) is 0 Å². The third kappa shape index (κ3) is 4.07. The van der Waals surface area contributed by atoms with Gasteiger partial charge in [0.05, 0.1) is 18.1 Å². The Morgan fingerprint density at radius 2 is 1.95 bits per heavy atom. The van der Waals surface area contributed by atoms with Gasteiger partial charge in [-0.15, -0.1) is 0 Å².